The van der Waals surface area contributed by atoms with E-state index in [1.165, 1.54) is 11.1 Å². The molecule has 0 saturated heterocycles. The van der Waals surface area contributed by atoms with Gasteiger partial charge >= 0.3 is 0 Å². The minimum absolute atomic E-state index is 0.137. The van der Waals surface area contributed by atoms with Crippen LogP contribution in [0, 0.1) is 5.41 Å². The first-order chi connectivity index (χ1) is 9.19. The third-order valence-corrected chi connectivity index (χ3v) is 3.64. The van der Waals surface area contributed by atoms with Crippen molar-refractivity contribution in [3.05, 3.63) is 29.3 Å². The van der Waals surface area contributed by atoms with Crippen LogP contribution in [0.15, 0.2) is 18.2 Å². The first-order valence-corrected chi connectivity index (χ1v) is 7.48. The van der Waals surface area contributed by atoms with Gasteiger partial charge in [-0.25, -0.2) is 0 Å². The molecule has 0 atom stereocenters. The average molecular weight is 278 g/mol. The lowest BCUT2D eigenvalue weighted by Gasteiger charge is -2.33. The van der Waals surface area contributed by atoms with Crippen LogP contribution in [-0.2, 0) is 11.8 Å². The van der Waals surface area contributed by atoms with Crippen LogP contribution in [-0.4, -0.2) is 18.8 Å². The van der Waals surface area contributed by atoms with Gasteiger partial charge in [0.05, 0.1) is 7.11 Å². The number of hydrogen-bond donors (Lipinski definition) is 1. The summed E-state index contributed by atoms with van der Waals surface area (Å²) in [6.07, 6.45) is 2.77. The molecule has 0 aromatic heterocycles. The van der Waals surface area contributed by atoms with Gasteiger partial charge in [0, 0.05) is 6.61 Å². The van der Waals surface area contributed by atoms with Crippen molar-refractivity contribution in [1.82, 2.24) is 0 Å². The lowest BCUT2D eigenvalue weighted by Crippen LogP contribution is -2.25. The molecule has 0 saturated carbocycles. The summed E-state index contributed by atoms with van der Waals surface area (Å²) >= 11 is 0. The summed E-state index contributed by atoms with van der Waals surface area (Å²) in [5, 5.41) is 9.03. The summed E-state index contributed by atoms with van der Waals surface area (Å²) in [4.78, 5) is 0. The fourth-order valence-electron chi connectivity index (χ4n) is 3.09. The van der Waals surface area contributed by atoms with Gasteiger partial charge in [-0.05, 0) is 47.3 Å². The van der Waals surface area contributed by atoms with Crippen LogP contribution in [0.2, 0.25) is 0 Å². The normalized spacial score (nSPS) is 12.6. The zero-order valence-electron chi connectivity index (χ0n) is 13.9. The van der Waals surface area contributed by atoms with Crippen LogP contribution in [0.4, 0.5) is 0 Å². The molecule has 0 aliphatic rings. The lowest BCUT2D eigenvalue weighted by atomic mass is 9.72. The van der Waals surface area contributed by atoms with E-state index in [0.29, 0.717) is 5.41 Å². The average Bonchev–Trinajstić information content (AvgIpc) is 2.33. The fourth-order valence-corrected chi connectivity index (χ4v) is 3.09. The Morgan fingerprint density at radius 1 is 1.10 bits per heavy atom. The smallest absolute Gasteiger partial charge is 0.122 e. The van der Waals surface area contributed by atoms with Crippen molar-refractivity contribution < 1.29 is 9.84 Å². The van der Waals surface area contributed by atoms with Crippen molar-refractivity contribution in [2.75, 3.05) is 13.7 Å². The molecular formula is C18H30O2. The van der Waals surface area contributed by atoms with Crippen LogP contribution < -0.4 is 4.74 Å². The predicted octanol–water partition coefficient (Wildman–Crippen LogP) is 4.33. The molecule has 0 aliphatic carbocycles. The molecule has 0 radical (unpaired) electrons. The summed E-state index contributed by atoms with van der Waals surface area (Å²) in [5.41, 5.74) is 2.98. The van der Waals surface area contributed by atoms with Crippen LogP contribution in [0.25, 0.3) is 0 Å². The summed E-state index contributed by atoms with van der Waals surface area (Å²) < 4.78 is 5.43. The Labute approximate surface area is 124 Å². The molecule has 0 heterocycles. The van der Waals surface area contributed by atoms with Crippen LogP contribution in [0.1, 0.15) is 58.6 Å². The van der Waals surface area contributed by atoms with E-state index in [1.54, 1.807) is 7.11 Å². The highest BCUT2D eigenvalue weighted by atomic mass is 16.5. The maximum atomic E-state index is 9.03. The number of ether oxygens (including phenoxy) is 1. The summed E-state index contributed by atoms with van der Waals surface area (Å²) in [6, 6.07) is 6.49. The third kappa shape index (κ3) is 4.82. The van der Waals surface area contributed by atoms with Gasteiger partial charge in [0.1, 0.15) is 5.75 Å². The van der Waals surface area contributed by atoms with Crippen LogP contribution in [0.5, 0.6) is 5.75 Å². The molecule has 0 amide bonds. The Kier molecular flexibility index (Phi) is 5.64. The number of methoxy groups -OCH3 is 1. The van der Waals surface area contributed by atoms with Gasteiger partial charge in [0.2, 0.25) is 0 Å². The number of benzene rings is 1. The summed E-state index contributed by atoms with van der Waals surface area (Å²) in [5.74, 6) is 0.925. The van der Waals surface area contributed by atoms with Crippen LogP contribution in [0.3, 0.4) is 0 Å². The molecule has 0 unspecified atom stereocenters. The molecule has 0 spiro atoms. The Morgan fingerprint density at radius 2 is 1.75 bits per heavy atom. The molecule has 2 nitrogen and oxygen atoms in total. The number of aliphatic hydroxyl groups is 1. The van der Waals surface area contributed by atoms with Crippen molar-refractivity contribution in [2.45, 2.75) is 59.3 Å². The fraction of sp³-hybridized carbons (Fsp3) is 0.667. The minimum atomic E-state index is 0.137. The van der Waals surface area contributed by atoms with Gasteiger partial charge in [-0.1, -0.05) is 46.8 Å². The van der Waals surface area contributed by atoms with Crippen LogP contribution >= 0.6 is 0 Å². The quantitative estimate of drug-likeness (QED) is 0.839. The van der Waals surface area contributed by atoms with E-state index < -0.39 is 0 Å². The molecule has 1 N–H and O–H groups in total. The number of rotatable bonds is 6. The van der Waals surface area contributed by atoms with E-state index in [-0.39, 0.29) is 12.0 Å². The second-order valence-electron chi connectivity index (χ2n) is 7.48. The Bertz CT molecular complexity index is 428. The van der Waals surface area contributed by atoms with Gasteiger partial charge in [-0.15, -0.1) is 0 Å². The Morgan fingerprint density at radius 3 is 2.25 bits per heavy atom. The molecule has 0 aliphatic heterocycles. The van der Waals surface area contributed by atoms with E-state index in [2.05, 4.69) is 52.8 Å². The van der Waals surface area contributed by atoms with Gasteiger partial charge in [-0.3, -0.25) is 0 Å². The summed E-state index contributed by atoms with van der Waals surface area (Å²) in [6.45, 7) is 11.7. The second kappa shape index (κ2) is 6.62. The SMILES string of the molecule is COc1ccc(C(C)(C)CC(C)(C)C)cc1CCCO. The first-order valence-electron chi connectivity index (χ1n) is 7.48. The standard InChI is InChI=1S/C18H30O2/c1-17(2,3)13-18(4,5)15-9-10-16(20-6)14(12-15)8-7-11-19/h9-10,12,19H,7-8,11,13H2,1-6H3. The number of aryl methyl sites for hydroxylation is 1. The highest BCUT2D eigenvalue weighted by molar-refractivity contribution is 5.40. The van der Waals surface area contributed by atoms with Crippen molar-refractivity contribution in [3.63, 3.8) is 0 Å². The first kappa shape index (κ1) is 17.0. The monoisotopic (exact) mass is 278 g/mol. The lowest BCUT2D eigenvalue weighted by molar-refractivity contribution is 0.283. The van der Waals surface area contributed by atoms with Gasteiger partial charge < -0.3 is 9.84 Å². The third-order valence-electron chi connectivity index (χ3n) is 3.64. The summed E-state index contributed by atoms with van der Waals surface area (Å²) in [7, 11) is 1.71. The molecule has 2 heteroatoms. The van der Waals surface area contributed by atoms with Crippen molar-refractivity contribution >= 4 is 0 Å². The Hall–Kier alpha value is -1.02. The zero-order chi connectivity index (χ0) is 15.4. The molecule has 1 aromatic carbocycles. The van der Waals surface area contributed by atoms with E-state index in [0.717, 1.165) is 25.0 Å². The van der Waals surface area contributed by atoms with Gasteiger partial charge in [0.25, 0.3) is 0 Å². The maximum absolute atomic E-state index is 9.03. The largest absolute Gasteiger partial charge is 0.496 e. The number of hydrogen-bond acceptors (Lipinski definition) is 2. The Balaban J connectivity index is 3.06. The molecule has 1 rings (SSSR count). The molecule has 0 fully saturated rings. The maximum Gasteiger partial charge on any atom is 0.122 e. The van der Waals surface area contributed by atoms with E-state index in [4.69, 9.17) is 9.84 Å². The highest BCUT2D eigenvalue weighted by Gasteiger charge is 2.27. The topological polar surface area (TPSA) is 29.5 Å². The van der Waals surface area contributed by atoms with Gasteiger partial charge in [0.15, 0.2) is 0 Å². The molecule has 1 aromatic rings. The van der Waals surface area contributed by atoms with E-state index in [1.807, 2.05) is 0 Å². The highest BCUT2D eigenvalue weighted by Crippen LogP contribution is 2.37. The van der Waals surface area contributed by atoms with Crippen molar-refractivity contribution in [2.24, 2.45) is 5.41 Å². The van der Waals surface area contributed by atoms with Crippen molar-refractivity contribution in [1.29, 1.82) is 0 Å². The molecular weight excluding hydrogens is 248 g/mol. The molecule has 20 heavy (non-hydrogen) atoms. The number of aliphatic hydroxyl groups excluding tert-OH is 1. The van der Waals surface area contributed by atoms with E-state index in [9.17, 15) is 0 Å². The van der Waals surface area contributed by atoms with Crippen molar-refractivity contribution in [3.8, 4) is 5.75 Å². The van der Waals surface area contributed by atoms with Gasteiger partial charge in [-0.2, -0.15) is 0 Å². The molecule has 0 bridgehead atoms. The molecule has 114 valence electrons. The minimum Gasteiger partial charge on any atom is -0.496 e. The zero-order valence-corrected chi connectivity index (χ0v) is 13.9. The van der Waals surface area contributed by atoms with E-state index >= 15 is 0 Å². The predicted molar refractivity (Wildman–Crippen MR) is 85.5 cm³/mol. The second-order valence-corrected chi connectivity index (χ2v) is 7.48.